The molecule has 0 aromatic carbocycles. The number of rotatable bonds is 16. The van der Waals surface area contributed by atoms with Crippen molar-refractivity contribution in [2.75, 3.05) is 26.0 Å². The Bertz CT molecular complexity index is 2660. The summed E-state index contributed by atoms with van der Waals surface area (Å²) in [4.78, 5) is 70.4. The van der Waals surface area contributed by atoms with Crippen LogP contribution in [0.1, 0.15) is 125 Å². The molecule has 1 saturated heterocycles. The zero-order chi connectivity index (χ0) is 49.0. The summed E-state index contributed by atoms with van der Waals surface area (Å²) in [5.41, 5.74) is 21.5. The molecule has 6 heterocycles. The van der Waals surface area contributed by atoms with Crippen LogP contribution in [0, 0.1) is 32.6 Å². The minimum absolute atomic E-state index is 0.00313. The highest BCUT2D eigenvalue weighted by molar-refractivity contribution is 7.99. The maximum atomic E-state index is 13.8. The van der Waals surface area contributed by atoms with Crippen LogP contribution in [0.5, 0.6) is 0 Å². The monoisotopic (exact) mass is 936 g/mol. The van der Waals surface area contributed by atoms with Crippen LogP contribution in [0.15, 0.2) is 24.8 Å². The van der Waals surface area contributed by atoms with E-state index in [9.17, 15) is 19.2 Å². The average Bonchev–Trinajstić information content (AvgIpc) is 3.98. The van der Waals surface area contributed by atoms with E-state index >= 15 is 0 Å². The van der Waals surface area contributed by atoms with E-state index in [4.69, 9.17) is 34.6 Å². The van der Waals surface area contributed by atoms with E-state index in [1.54, 1.807) is 4.90 Å². The molecule has 8 bridgehead atoms. The number of aromatic amines is 2. The first kappa shape index (κ1) is 50.9. The van der Waals surface area contributed by atoms with Crippen LogP contribution >= 0.6 is 11.8 Å². The predicted octanol–water partition coefficient (Wildman–Crippen LogP) is 9.05. The second kappa shape index (κ2) is 21.6. The SMILES string of the molecule is C=Cc1c(C)c2cc3nc(c(C)c4nc(cc5[nH]c(cc1[nH]2)c(C)c5CC)C(C)=C4)C(CCC(=O)N(C)CCCS[C@@H]1O[C@H](COC(=O)[C@@H](N)C(C)C)[C@@H](OC(C)=O)[C@H](OC(C)=O)[C@H]1C)=C3C. The van der Waals surface area contributed by atoms with Crippen molar-refractivity contribution in [1.82, 2.24) is 24.8 Å². The van der Waals surface area contributed by atoms with Crippen molar-refractivity contribution in [3.05, 3.63) is 75.4 Å². The van der Waals surface area contributed by atoms with Gasteiger partial charge in [0.05, 0.1) is 22.8 Å². The molecule has 0 saturated carbocycles. The Kier molecular flexibility index (Phi) is 16.4. The molecule has 0 aliphatic carbocycles. The van der Waals surface area contributed by atoms with Crippen LogP contribution in [-0.2, 0) is 44.5 Å². The van der Waals surface area contributed by atoms with Crippen molar-refractivity contribution < 1.29 is 38.1 Å². The number of hydrogen-bond donors (Lipinski definition) is 3. The number of nitrogens with two attached hydrogens (primary N) is 1. The molecule has 1 amide bonds. The number of aryl methyl sites for hydroxylation is 3. The topological polar surface area (TPSA) is 192 Å². The van der Waals surface area contributed by atoms with E-state index in [-0.39, 0.29) is 30.8 Å². The van der Waals surface area contributed by atoms with E-state index in [0.717, 1.165) is 84.7 Å². The van der Waals surface area contributed by atoms with Gasteiger partial charge >= 0.3 is 17.9 Å². The first-order valence-electron chi connectivity index (χ1n) is 23.3. The summed E-state index contributed by atoms with van der Waals surface area (Å²) in [6.45, 7) is 25.1. The van der Waals surface area contributed by atoms with E-state index in [1.807, 2.05) is 33.9 Å². The van der Waals surface area contributed by atoms with Crippen molar-refractivity contribution in [3.63, 3.8) is 0 Å². The molecule has 14 nitrogen and oxygen atoms in total. The lowest BCUT2D eigenvalue weighted by molar-refractivity contribution is -0.218. The van der Waals surface area contributed by atoms with Crippen LogP contribution < -0.4 is 5.73 Å². The molecular weight excluding hydrogens is 869 g/mol. The molecule has 3 aromatic rings. The molecule has 0 unspecified atom stereocenters. The van der Waals surface area contributed by atoms with Gasteiger partial charge in [-0.3, -0.25) is 19.2 Å². The molecule has 0 radical (unpaired) electrons. The van der Waals surface area contributed by atoms with Crippen molar-refractivity contribution in [2.24, 2.45) is 17.6 Å². The number of aromatic nitrogens is 4. The summed E-state index contributed by atoms with van der Waals surface area (Å²) < 4.78 is 23.2. The van der Waals surface area contributed by atoms with Crippen molar-refractivity contribution in [1.29, 1.82) is 0 Å². The number of carbonyl (C=O) groups is 4. The number of nitrogens with one attached hydrogen (secondary N) is 2. The van der Waals surface area contributed by atoms with Crippen LogP contribution in [0.4, 0.5) is 0 Å². The highest BCUT2D eigenvalue weighted by atomic mass is 32.2. The first-order valence-corrected chi connectivity index (χ1v) is 24.3. The Morgan fingerprint density at radius 3 is 2.24 bits per heavy atom. The second-order valence-electron chi connectivity index (χ2n) is 18.3. The summed E-state index contributed by atoms with van der Waals surface area (Å²) in [7, 11) is 1.81. The number of nitrogens with zero attached hydrogens (tertiary/aromatic N) is 3. The first-order chi connectivity index (χ1) is 31.7. The number of H-pyrrole nitrogens is 2. The van der Waals surface area contributed by atoms with Gasteiger partial charge in [-0.05, 0) is 123 Å². The highest BCUT2D eigenvalue weighted by Crippen LogP contribution is 2.39. The lowest BCUT2D eigenvalue weighted by Gasteiger charge is -2.44. The van der Waals surface area contributed by atoms with Gasteiger partial charge in [0.25, 0.3) is 0 Å². The summed E-state index contributed by atoms with van der Waals surface area (Å²) in [6.07, 6.45) is 3.55. The highest BCUT2D eigenvalue weighted by Gasteiger charge is 2.48. The Morgan fingerprint density at radius 1 is 0.925 bits per heavy atom. The molecule has 3 aliphatic rings. The molecule has 6 rings (SSSR count). The number of ether oxygens (including phenoxy) is 4. The van der Waals surface area contributed by atoms with E-state index in [2.05, 4.69) is 82.4 Å². The average molecular weight is 937 g/mol. The molecule has 360 valence electrons. The van der Waals surface area contributed by atoms with Gasteiger partial charge in [0.2, 0.25) is 5.91 Å². The number of esters is 3. The third-order valence-corrected chi connectivity index (χ3v) is 14.6. The van der Waals surface area contributed by atoms with Gasteiger partial charge in [0, 0.05) is 73.0 Å². The van der Waals surface area contributed by atoms with Crippen LogP contribution in [0.2, 0.25) is 0 Å². The maximum Gasteiger partial charge on any atom is 0.323 e. The number of amides is 1. The van der Waals surface area contributed by atoms with Gasteiger partial charge in [0.15, 0.2) is 6.10 Å². The predicted molar refractivity (Wildman–Crippen MR) is 267 cm³/mol. The van der Waals surface area contributed by atoms with E-state index in [0.29, 0.717) is 25.1 Å². The van der Waals surface area contributed by atoms with Gasteiger partial charge in [-0.25, -0.2) is 9.97 Å². The summed E-state index contributed by atoms with van der Waals surface area (Å²) >= 11 is 1.50. The third-order valence-electron chi connectivity index (χ3n) is 13.2. The summed E-state index contributed by atoms with van der Waals surface area (Å²) in [6, 6.07) is 5.55. The zero-order valence-corrected chi connectivity index (χ0v) is 42.0. The minimum atomic E-state index is -1.00. The quantitative estimate of drug-likeness (QED) is 0.0703. The minimum Gasteiger partial charge on any atom is -0.462 e. The van der Waals surface area contributed by atoms with Gasteiger partial charge in [-0.15, -0.1) is 11.8 Å². The van der Waals surface area contributed by atoms with Crippen molar-refractivity contribution >= 4 is 86.5 Å². The fraction of sp³-hybridized carbons (Fsp3) is 0.500. The Labute approximate surface area is 398 Å². The van der Waals surface area contributed by atoms with Crippen molar-refractivity contribution in [2.45, 2.75) is 132 Å². The van der Waals surface area contributed by atoms with E-state index in [1.165, 1.54) is 36.7 Å². The fourth-order valence-corrected chi connectivity index (χ4v) is 10.2. The molecule has 4 N–H and O–H groups in total. The number of hydrogen-bond acceptors (Lipinski definition) is 12. The van der Waals surface area contributed by atoms with Gasteiger partial charge in [0.1, 0.15) is 30.3 Å². The van der Waals surface area contributed by atoms with E-state index < -0.39 is 47.7 Å². The fourth-order valence-electron chi connectivity index (χ4n) is 8.99. The molecule has 3 aromatic heterocycles. The number of thioether (sulfide) groups is 1. The number of fused-ring (bicyclic) bond motifs is 8. The standard InChI is InChI=1S/C52H68N6O8S/c1-14-35-29(7)41-24-44-36(15-2)28(6)40(55-44)23-42-30(8)37(48(57-42)31(9)39-21-27(5)38(54-39)22-43(35)56-41)17-18-46(61)58(13)19-16-20-67-52-32(10)49(64-33(11)59)50(65-34(12)60)45(66-52)25-63-51(62)47(53)26(3)4/h15,21-24,26,32,45,47,49-50,52,55-56H,2,14,16-20,25,53H2,1,3-13H3/t32-,45-,47+,49-,50-,52+/m1/s1. The number of carbonyl (C=O) groups excluding carboxylic acids is 4. The summed E-state index contributed by atoms with van der Waals surface area (Å²) in [5.74, 6) is -1.66. The second-order valence-corrected chi connectivity index (χ2v) is 19.5. The zero-order valence-electron chi connectivity index (χ0n) is 41.2. The smallest absolute Gasteiger partial charge is 0.323 e. The molecule has 15 heteroatoms. The molecule has 6 atom stereocenters. The largest absolute Gasteiger partial charge is 0.462 e. The molecule has 0 spiro atoms. The Morgan fingerprint density at radius 2 is 1.58 bits per heavy atom. The number of allylic oxidation sites excluding steroid dienone is 3. The summed E-state index contributed by atoms with van der Waals surface area (Å²) in [5, 5.41) is 0. The van der Waals surface area contributed by atoms with Crippen molar-refractivity contribution in [3.8, 4) is 0 Å². The van der Waals surface area contributed by atoms with Crippen LogP contribution in [-0.4, -0.2) is 104 Å². The lowest BCUT2D eigenvalue weighted by atomic mass is 9.93. The van der Waals surface area contributed by atoms with Gasteiger partial charge in [-0.1, -0.05) is 40.3 Å². The van der Waals surface area contributed by atoms with Gasteiger partial charge < -0.3 is 39.5 Å². The Hall–Kier alpha value is -5.51. The molecule has 1 fully saturated rings. The maximum absolute atomic E-state index is 13.8. The normalized spacial score (nSPS) is 19.8. The van der Waals surface area contributed by atoms with Crippen LogP contribution in [0.25, 0.3) is 50.9 Å². The van der Waals surface area contributed by atoms with Gasteiger partial charge in [-0.2, -0.15) is 0 Å². The molecule has 3 aliphatic heterocycles. The molecular formula is C52H68N6O8S. The third kappa shape index (κ3) is 11.3. The lowest BCUT2D eigenvalue weighted by Crippen LogP contribution is -2.57. The Balaban J connectivity index is 1.20. The molecule has 67 heavy (non-hydrogen) atoms. The van der Waals surface area contributed by atoms with Crippen LogP contribution in [0.3, 0.4) is 0 Å².